The second kappa shape index (κ2) is 3.84. The first-order valence-electron chi connectivity index (χ1n) is 6.87. The molecule has 0 saturated carbocycles. The molecule has 1 aromatic carbocycles. The minimum atomic E-state index is -0.190. The molecule has 0 aliphatic carbocycles. The van der Waals surface area contributed by atoms with Gasteiger partial charge in [-0.05, 0) is 23.7 Å². The van der Waals surface area contributed by atoms with Crippen LogP contribution in [0.1, 0.15) is 17.5 Å². The lowest BCUT2D eigenvalue weighted by Gasteiger charge is -1.97. The topological polar surface area (TPSA) is 151 Å². The first-order chi connectivity index (χ1) is 11.2. The zero-order valence-corrected chi connectivity index (χ0v) is 12.8. The van der Waals surface area contributed by atoms with E-state index in [0.29, 0.717) is 28.4 Å². The molecule has 0 atom stereocenters. The van der Waals surface area contributed by atoms with Gasteiger partial charge in [0.1, 0.15) is 0 Å². The fraction of sp³-hybridized carbons (Fsp3) is 0.250. The highest BCUT2D eigenvalue weighted by atomic mass is 16.5. The van der Waals surface area contributed by atoms with Gasteiger partial charge in [-0.25, -0.2) is 4.73 Å². The summed E-state index contributed by atoms with van der Waals surface area (Å²) in [5, 5.41) is 63.8. The van der Waals surface area contributed by atoms with Crippen LogP contribution in [0.2, 0.25) is 0 Å². The Kier molecular flexibility index (Phi) is 2.25. The summed E-state index contributed by atoms with van der Waals surface area (Å²) < 4.78 is 3.20. The molecule has 0 amide bonds. The molecule has 0 spiro atoms. The van der Waals surface area contributed by atoms with Crippen LogP contribution in [0.25, 0.3) is 33.1 Å². The SMILES string of the molecule is Cc1n(O)c2c(c3c(c4c2[n+](O)c(C)n4O)n(O)c(C)[n+]3O)[n+]1[O-]. The molecular formula is C12H14N6O6+2. The molecule has 0 aliphatic heterocycles. The molecule has 0 unspecified atom stereocenters. The van der Waals surface area contributed by atoms with E-state index in [-0.39, 0.29) is 50.6 Å². The van der Waals surface area contributed by atoms with Gasteiger partial charge in [0.25, 0.3) is 33.4 Å². The van der Waals surface area contributed by atoms with Crippen LogP contribution >= 0.6 is 0 Å². The van der Waals surface area contributed by atoms with Crippen molar-refractivity contribution in [2.24, 2.45) is 0 Å². The van der Waals surface area contributed by atoms with Crippen molar-refractivity contribution in [3.8, 4) is 0 Å². The highest BCUT2D eigenvalue weighted by Gasteiger charge is 2.43. The molecule has 0 saturated heterocycles. The zero-order valence-electron chi connectivity index (χ0n) is 12.8. The molecule has 126 valence electrons. The molecule has 0 fully saturated rings. The molecule has 0 aliphatic rings. The highest BCUT2D eigenvalue weighted by Crippen LogP contribution is 2.32. The van der Waals surface area contributed by atoms with Gasteiger partial charge in [-0.15, -0.1) is 0 Å². The Balaban J connectivity index is 2.59. The Morgan fingerprint density at radius 2 is 1.08 bits per heavy atom. The normalized spacial score (nSPS) is 12.1. The summed E-state index contributed by atoms with van der Waals surface area (Å²) >= 11 is 0. The van der Waals surface area contributed by atoms with Crippen molar-refractivity contribution in [3.05, 3.63) is 22.7 Å². The molecule has 24 heavy (non-hydrogen) atoms. The lowest BCUT2D eigenvalue weighted by Crippen LogP contribution is -2.36. The molecule has 3 heterocycles. The van der Waals surface area contributed by atoms with Crippen molar-refractivity contribution in [2.75, 3.05) is 0 Å². The number of aromatic nitrogens is 6. The van der Waals surface area contributed by atoms with Gasteiger partial charge >= 0.3 is 11.6 Å². The zero-order chi connectivity index (χ0) is 17.7. The third-order valence-electron chi connectivity index (χ3n) is 4.43. The monoisotopic (exact) mass is 338 g/mol. The van der Waals surface area contributed by atoms with E-state index >= 15 is 0 Å². The molecule has 3 aromatic heterocycles. The highest BCUT2D eigenvalue weighted by molar-refractivity contribution is 6.15. The van der Waals surface area contributed by atoms with Crippen LogP contribution in [0.4, 0.5) is 0 Å². The van der Waals surface area contributed by atoms with Crippen molar-refractivity contribution >= 4 is 33.1 Å². The number of imidazole rings is 3. The predicted octanol–water partition coefficient (Wildman–Crippen LogP) is -1.13. The lowest BCUT2D eigenvalue weighted by molar-refractivity contribution is -0.890. The molecule has 12 heteroatoms. The number of rotatable bonds is 0. The fourth-order valence-corrected chi connectivity index (χ4v) is 3.10. The quantitative estimate of drug-likeness (QED) is 0.155. The second-order valence-electron chi connectivity index (χ2n) is 5.59. The summed E-state index contributed by atoms with van der Waals surface area (Å²) in [6.45, 7) is 4.09. The van der Waals surface area contributed by atoms with Crippen LogP contribution in [0.3, 0.4) is 0 Å². The number of fused-ring (bicyclic) bond motifs is 6. The average Bonchev–Trinajstić information content (AvgIpc) is 3.02. The summed E-state index contributed by atoms with van der Waals surface area (Å²) in [4.78, 5) is 0. The van der Waals surface area contributed by atoms with E-state index in [1.807, 2.05) is 0 Å². The van der Waals surface area contributed by atoms with Crippen LogP contribution in [0.15, 0.2) is 0 Å². The number of hydrogen-bond acceptors (Lipinski definition) is 6. The van der Waals surface area contributed by atoms with Crippen molar-refractivity contribution in [1.82, 2.24) is 14.2 Å². The van der Waals surface area contributed by atoms with Crippen LogP contribution < -0.4 is 14.2 Å². The maximum Gasteiger partial charge on any atom is 0.333 e. The Morgan fingerprint density at radius 3 is 1.62 bits per heavy atom. The van der Waals surface area contributed by atoms with Crippen LogP contribution in [-0.2, 0) is 0 Å². The van der Waals surface area contributed by atoms with E-state index in [4.69, 9.17) is 0 Å². The van der Waals surface area contributed by atoms with Crippen molar-refractivity contribution < 1.29 is 40.2 Å². The second-order valence-corrected chi connectivity index (χ2v) is 5.59. The van der Waals surface area contributed by atoms with Gasteiger partial charge in [0, 0.05) is 20.8 Å². The summed E-state index contributed by atoms with van der Waals surface area (Å²) in [7, 11) is 0. The number of nitrogens with zero attached hydrogens (tertiary/aromatic N) is 6. The lowest BCUT2D eigenvalue weighted by atomic mass is 10.2. The van der Waals surface area contributed by atoms with Gasteiger partial charge in [0.05, 0.1) is 0 Å². The summed E-state index contributed by atoms with van der Waals surface area (Å²) in [5.74, 6) is -0.227. The van der Waals surface area contributed by atoms with Gasteiger partial charge in [-0.3, -0.25) is 0 Å². The van der Waals surface area contributed by atoms with E-state index < -0.39 is 0 Å². The van der Waals surface area contributed by atoms with Gasteiger partial charge < -0.3 is 31.2 Å². The van der Waals surface area contributed by atoms with Crippen molar-refractivity contribution in [1.29, 1.82) is 0 Å². The Bertz CT molecular complexity index is 934. The smallest absolute Gasteiger partial charge is 0.333 e. The standard InChI is InChI=1S/C12H14N6O6/c1-4-13(19)7-8(14(4)20)10-12(18(24)6(3)16(10)22)11-9(7)15(21)5(2)17(11)23/h19-23H,1-3H3/q+2. The van der Waals surface area contributed by atoms with Gasteiger partial charge in [-0.1, -0.05) is 0 Å². The van der Waals surface area contributed by atoms with Gasteiger partial charge in [0.15, 0.2) is 0 Å². The number of hydrogen-bond donors (Lipinski definition) is 5. The summed E-state index contributed by atoms with van der Waals surface area (Å²) in [5.41, 5.74) is -0.820. The number of benzene rings is 1. The van der Waals surface area contributed by atoms with Gasteiger partial charge in [0.2, 0.25) is 5.52 Å². The molecule has 0 bridgehead atoms. The summed E-state index contributed by atoms with van der Waals surface area (Å²) in [6, 6.07) is 0. The van der Waals surface area contributed by atoms with E-state index in [1.165, 1.54) is 20.8 Å². The van der Waals surface area contributed by atoms with E-state index in [0.717, 1.165) is 0 Å². The Hall–Kier alpha value is -3.57. The van der Waals surface area contributed by atoms with E-state index in [1.54, 1.807) is 0 Å². The Labute approximate surface area is 132 Å². The van der Waals surface area contributed by atoms with E-state index in [2.05, 4.69) is 0 Å². The Morgan fingerprint density at radius 1 is 0.667 bits per heavy atom. The van der Waals surface area contributed by atoms with E-state index in [9.17, 15) is 31.2 Å². The minimum Gasteiger partial charge on any atom is -0.710 e. The van der Waals surface area contributed by atoms with Crippen LogP contribution in [-0.4, -0.2) is 40.2 Å². The maximum absolute atomic E-state index is 12.4. The van der Waals surface area contributed by atoms with Crippen LogP contribution in [0.5, 0.6) is 0 Å². The third-order valence-corrected chi connectivity index (χ3v) is 4.43. The van der Waals surface area contributed by atoms with Crippen LogP contribution in [0, 0.1) is 26.0 Å². The first-order valence-corrected chi connectivity index (χ1v) is 6.87. The minimum absolute atomic E-state index is 0.0431. The average molecular weight is 338 g/mol. The molecule has 4 aromatic rings. The molecule has 4 rings (SSSR count). The molecular weight excluding hydrogens is 324 g/mol. The molecule has 0 radical (unpaired) electrons. The fourth-order valence-electron chi connectivity index (χ4n) is 3.10. The maximum atomic E-state index is 12.4. The van der Waals surface area contributed by atoms with Gasteiger partial charge in [-0.2, -0.15) is 0 Å². The predicted molar refractivity (Wildman–Crippen MR) is 72.4 cm³/mol. The summed E-state index contributed by atoms with van der Waals surface area (Å²) in [6.07, 6.45) is 0. The molecule has 12 nitrogen and oxygen atoms in total. The third kappa shape index (κ3) is 1.20. The first kappa shape index (κ1) is 14.0. The molecule has 5 N–H and O–H groups in total. The van der Waals surface area contributed by atoms with Crippen molar-refractivity contribution in [3.63, 3.8) is 0 Å². The largest absolute Gasteiger partial charge is 0.710 e. The van der Waals surface area contributed by atoms with Crippen molar-refractivity contribution in [2.45, 2.75) is 20.8 Å².